The maximum atomic E-state index is 11.7. The van der Waals surface area contributed by atoms with Crippen LogP contribution in [-0.2, 0) is 4.79 Å². The summed E-state index contributed by atoms with van der Waals surface area (Å²) in [6.07, 6.45) is 0.475. The summed E-state index contributed by atoms with van der Waals surface area (Å²) >= 11 is 1.06. The zero-order valence-electron chi connectivity index (χ0n) is 9.77. The van der Waals surface area contributed by atoms with Crippen LogP contribution in [0.25, 0.3) is 0 Å². The van der Waals surface area contributed by atoms with Gasteiger partial charge < -0.3 is 10.4 Å². The van der Waals surface area contributed by atoms with Crippen LogP contribution in [0.3, 0.4) is 0 Å². The lowest BCUT2D eigenvalue weighted by molar-refractivity contribution is -0.137. The molecule has 0 spiro atoms. The Bertz CT molecular complexity index is 403. The van der Waals surface area contributed by atoms with Crippen LogP contribution >= 0.6 is 11.5 Å². The van der Waals surface area contributed by atoms with E-state index in [0.717, 1.165) is 11.5 Å². The first-order valence-electron chi connectivity index (χ1n) is 5.34. The number of aliphatic carboxylic acids is 1. The molecule has 17 heavy (non-hydrogen) atoms. The van der Waals surface area contributed by atoms with Crippen molar-refractivity contribution >= 4 is 23.4 Å². The van der Waals surface area contributed by atoms with Gasteiger partial charge >= 0.3 is 5.97 Å². The van der Waals surface area contributed by atoms with Crippen molar-refractivity contribution in [2.45, 2.75) is 32.6 Å². The topological polar surface area (TPSA) is 92.2 Å². The highest BCUT2D eigenvalue weighted by atomic mass is 32.1. The quantitative estimate of drug-likeness (QED) is 0.748. The van der Waals surface area contributed by atoms with Crippen molar-refractivity contribution < 1.29 is 14.7 Å². The molecule has 0 aliphatic carbocycles. The van der Waals surface area contributed by atoms with E-state index in [-0.39, 0.29) is 18.2 Å². The van der Waals surface area contributed by atoms with Crippen LogP contribution in [0.4, 0.5) is 0 Å². The fourth-order valence-corrected chi connectivity index (χ4v) is 1.99. The average Bonchev–Trinajstić information content (AvgIpc) is 2.72. The van der Waals surface area contributed by atoms with Gasteiger partial charge in [-0.3, -0.25) is 9.59 Å². The molecule has 0 fully saturated rings. The van der Waals surface area contributed by atoms with Crippen molar-refractivity contribution in [3.8, 4) is 0 Å². The van der Waals surface area contributed by atoms with Gasteiger partial charge in [0, 0.05) is 13.0 Å². The lowest BCUT2D eigenvalue weighted by Crippen LogP contribution is -2.25. The number of carboxylic acid groups (broad SMARTS) is 1. The Balaban J connectivity index is 2.47. The smallest absolute Gasteiger partial charge is 0.303 e. The second kappa shape index (κ2) is 6.29. The Labute approximate surface area is 103 Å². The van der Waals surface area contributed by atoms with E-state index in [1.165, 1.54) is 0 Å². The van der Waals surface area contributed by atoms with Crippen LogP contribution in [0.15, 0.2) is 0 Å². The molecule has 0 aliphatic heterocycles. The van der Waals surface area contributed by atoms with Gasteiger partial charge in [-0.15, -0.1) is 5.10 Å². The predicted molar refractivity (Wildman–Crippen MR) is 63.2 cm³/mol. The molecule has 1 heterocycles. The SMILES string of the molecule is CC(C)c1nnsc1C(=O)NCCCC(=O)O. The first-order valence-corrected chi connectivity index (χ1v) is 6.12. The van der Waals surface area contributed by atoms with Crippen molar-refractivity contribution in [2.75, 3.05) is 6.54 Å². The molecule has 0 saturated heterocycles. The third-order valence-electron chi connectivity index (χ3n) is 2.12. The number of amides is 1. The Morgan fingerprint density at radius 2 is 2.18 bits per heavy atom. The Hall–Kier alpha value is -1.50. The molecule has 7 heteroatoms. The maximum absolute atomic E-state index is 11.7. The molecule has 0 bridgehead atoms. The highest BCUT2D eigenvalue weighted by Gasteiger charge is 2.18. The van der Waals surface area contributed by atoms with Gasteiger partial charge in [-0.05, 0) is 23.9 Å². The number of hydrogen-bond donors (Lipinski definition) is 2. The van der Waals surface area contributed by atoms with Crippen molar-refractivity contribution in [1.82, 2.24) is 14.9 Å². The normalized spacial score (nSPS) is 10.5. The van der Waals surface area contributed by atoms with Gasteiger partial charge in [0.1, 0.15) is 4.88 Å². The van der Waals surface area contributed by atoms with E-state index < -0.39 is 5.97 Å². The third kappa shape index (κ3) is 4.10. The first kappa shape index (κ1) is 13.6. The number of carboxylic acids is 1. The summed E-state index contributed by atoms with van der Waals surface area (Å²) in [6.45, 7) is 4.23. The van der Waals surface area contributed by atoms with Gasteiger partial charge in [-0.1, -0.05) is 18.3 Å². The van der Waals surface area contributed by atoms with E-state index in [9.17, 15) is 9.59 Å². The Morgan fingerprint density at radius 1 is 1.47 bits per heavy atom. The van der Waals surface area contributed by atoms with E-state index >= 15 is 0 Å². The minimum Gasteiger partial charge on any atom is -0.481 e. The zero-order valence-corrected chi connectivity index (χ0v) is 10.6. The zero-order chi connectivity index (χ0) is 12.8. The molecule has 0 saturated carbocycles. The number of hydrogen-bond acceptors (Lipinski definition) is 5. The predicted octanol–water partition coefficient (Wildman–Crippen LogP) is 1.26. The van der Waals surface area contributed by atoms with Crippen LogP contribution < -0.4 is 5.32 Å². The monoisotopic (exact) mass is 257 g/mol. The molecule has 0 aliphatic rings. The summed E-state index contributed by atoms with van der Waals surface area (Å²) in [7, 11) is 0. The molecule has 94 valence electrons. The van der Waals surface area contributed by atoms with Crippen LogP contribution in [0, 0.1) is 0 Å². The Morgan fingerprint density at radius 3 is 2.76 bits per heavy atom. The van der Waals surface area contributed by atoms with Crippen molar-refractivity contribution in [3.05, 3.63) is 10.6 Å². The molecule has 1 aromatic heterocycles. The van der Waals surface area contributed by atoms with Gasteiger partial charge in [0.25, 0.3) is 5.91 Å². The summed E-state index contributed by atoms with van der Waals surface area (Å²) in [5.74, 6) is -0.941. The average molecular weight is 257 g/mol. The van der Waals surface area contributed by atoms with E-state index in [4.69, 9.17) is 5.11 Å². The van der Waals surface area contributed by atoms with Gasteiger partial charge in [-0.25, -0.2) is 0 Å². The van der Waals surface area contributed by atoms with Crippen molar-refractivity contribution in [3.63, 3.8) is 0 Å². The van der Waals surface area contributed by atoms with Gasteiger partial charge in [-0.2, -0.15) is 0 Å². The van der Waals surface area contributed by atoms with Crippen LogP contribution in [0.2, 0.25) is 0 Å². The van der Waals surface area contributed by atoms with E-state index in [1.54, 1.807) is 0 Å². The second-order valence-electron chi connectivity index (χ2n) is 3.90. The fraction of sp³-hybridized carbons (Fsp3) is 0.600. The molecule has 2 N–H and O–H groups in total. The molecule has 6 nitrogen and oxygen atoms in total. The minimum absolute atomic E-state index is 0.0538. The number of carbonyl (C=O) groups is 2. The van der Waals surface area contributed by atoms with Crippen molar-refractivity contribution in [1.29, 1.82) is 0 Å². The fourth-order valence-electron chi connectivity index (χ4n) is 1.25. The molecule has 1 rings (SSSR count). The molecular weight excluding hydrogens is 242 g/mol. The summed E-state index contributed by atoms with van der Waals surface area (Å²) < 4.78 is 3.76. The molecule has 1 amide bonds. The molecule has 0 aromatic carbocycles. The number of aromatic nitrogens is 2. The third-order valence-corrected chi connectivity index (χ3v) is 2.86. The molecular formula is C10H15N3O3S. The lowest BCUT2D eigenvalue weighted by atomic mass is 10.1. The number of nitrogens with one attached hydrogen (secondary N) is 1. The molecule has 0 atom stereocenters. The van der Waals surface area contributed by atoms with E-state index in [2.05, 4.69) is 14.9 Å². The van der Waals surface area contributed by atoms with Gasteiger partial charge in [0.15, 0.2) is 0 Å². The highest BCUT2D eigenvalue weighted by Crippen LogP contribution is 2.19. The van der Waals surface area contributed by atoms with Gasteiger partial charge in [0.2, 0.25) is 0 Å². The van der Waals surface area contributed by atoms with Gasteiger partial charge in [0.05, 0.1) is 5.69 Å². The lowest BCUT2D eigenvalue weighted by Gasteiger charge is -2.05. The number of carbonyl (C=O) groups excluding carboxylic acids is 1. The van der Waals surface area contributed by atoms with Crippen molar-refractivity contribution in [2.24, 2.45) is 0 Å². The van der Waals surface area contributed by atoms with Crippen LogP contribution in [-0.4, -0.2) is 33.1 Å². The molecule has 1 aromatic rings. The summed E-state index contributed by atoms with van der Waals surface area (Å²) in [5, 5.41) is 15.0. The number of nitrogens with zero attached hydrogens (tertiary/aromatic N) is 2. The van der Waals surface area contributed by atoms with E-state index in [0.29, 0.717) is 23.5 Å². The highest BCUT2D eigenvalue weighted by molar-refractivity contribution is 7.08. The molecule has 0 radical (unpaired) electrons. The summed E-state index contributed by atoms with van der Waals surface area (Å²) in [4.78, 5) is 22.5. The minimum atomic E-state index is -0.860. The number of rotatable bonds is 6. The maximum Gasteiger partial charge on any atom is 0.303 e. The standard InChI is InChI=1S/C10H15N3O3S/c1-6(2)8-9(17-13-12-8)10(16)11-5-3-4-7(14)15/h6H,3-5H2,1-2H3,(H,11,16)(H,14,15). The summed E-state index contributed by atoms with van der Waals surface area (Å²) in [6, 6.07) is 0. The molecule has 0 unspecified atom stereocenters. The van der Waals surface area contributed by atoms with Crippen LogP contribution in [0.5, 0.6) is 0 Å². The van der Waals surface area contributed by atoms with Crippen LogP contribution in [0.1, 0.15) is 48.0 Å². The first-order chi connectivity index (χ1) is 8.02. The summed E-state index contributed by atoms with van der Waals surface area (Å²) in [5.41, 5.74) is 0.686. The largest absolute Gasteiger partial charge is 0.481 e. The Kier molecular flexibility index (Phi) is 5.02. The van der Waals surface area contributed by atoms with E-state index in [1.807, 2.05) is 13.8 Å². The second-order valence-corrected chi connectivity index (χ2v) is 4.65.